The molecule has 0 radical (unpaired) electrons. The van der Waals surface area contributed by atoms with Gasteiger partial charge in [0.15, 0.2) is 0 Å². The predicted molar refractivity (Wildman–Crippen MR) is 68.2 cm³/mol. The monoisotopic (exact) mass is 270 g/mol. The fourth-order valence-corrected chi connectivity index (χ4v) is 2.55. The molecule has 0 unspecified atom stereocenters. The third kappa shape index (κ3) is 2.83. The van der Waals surface area contributed by atoms with Gasteiger partial charge in [0.2, 0.25) is 0 Å². The van der Waals surface area contributed by atoms with E-state index >= 15 is 0 Å². The molecule has 0 aromatic rings. The van der Waals surface area contributed by atoms with E-state index < -0.39 is 17.7 Å². The number of amides is 2. The maximum atomic E-state index is 12.2. The fraction of sp³-hybridized carbons (Fsp3) is 0.846. The lowest BCUT2D eigenvalue weighted by molar-refractivity contribution is -0.173. The molecule has 0 spiro atoms. The molecule has 6 nitrogen and oxygen atoms in total. The van der Waals surface area contributed by atoms with Crippen LogP contribution in [-0.4, -0.2) is 53.8 Å². The first kappa shape index (κ1) is 14.1. The second kappa shape index (κ2) is 4.67. The Hall–Kier alpha value is -1.30. The molecule has 6 heteroatoms. The number of hydrogen-bond donors (Lipinski definition) is 0. The second-order valence-corrected chi connectivity index (χ2v) is 6.22. The average Bonchev–Trinajstić information content (AvgIpc) is 2.95. The molecule has 0 bridgehead atoms. The molecule has 19 heavy (non-hydrogen) atoms. The summed E-state index contributed by atoms with van der Waals surface area (Å²) in [5.74, 6) is 0.243. The second-order valence-electron chi connectivity index (χ2n) is 6.22. The summed E-state index contributed by atoms with van der Waals surface area (Å²) < 4.78 is 5.39. The van der Waals surface area contributed by atoms with Gasteiger partial charge >= 0.3 is 6.09 Å². The highest BCUT2D eigenvalue weighted by atomic mass is 16.7. The van der Waals surface area contributed by atoms with Gasteiger partial charge in [-0.25, -0.2) is 9.86 Å². The number of likely N-dealkylation sites (tertiary alicyclic amines) is 1. The minimum absolute atomic E-state index is 0.161. The molecule has 3 atom stereocenters. The van der Waals surface area contributed by atoms with E-state index in [0.29, 0.717) is 12.3 Å². The standard InChI is InChI=1S/C13H22N2O4/c1-13(2,3)19-12(17)15-9-6-8(9)7-10(15)11(16)14(4)18-5/h8-10H,6-7H2,1-5H3/t8-,9-,10+/m1/s1. The number of hydroxylamine groups is 2. The Bertz CT molecular complexity index is 391. The molecule has 0 N–H and O–H groups in total. The molecular formula is C13H22N2O4. The van der Waals surface area contributed by atoms with Gasteiger partial charge in [-0.15, -0.1) is 0 Å². The third-order valence-electron chi connectivity index (χ3n) is 3.58. The van der Waals surface area contributed by atoms with E-state index in [1.54, 1.807) is 11.9 Å². The van der Waals surface area contributed by atoms with E-state index in [4.69, 9.17) is 9.57 Å². The number of piperidine rings is 1. The summed E-state index contributed by atoms with van der Waals surface area (Å²) >= 11 is 0. The van der Waals surface area contributed by atoms with Crippen molar-refractivity contribution >= 4 is 12.0 Å². The first-order valence-corrected chi connectivity index (χ1v) is 6.57. The molecule has 1 saturated carbocycles. The van der Waals surface area contributed by atoms with Gasteiger partial charge in [0, 0.05) is 13.1 Å². The highest BCUT2D eigenvalue weighted by Gasteiger charge is 2.57. The number of fused-ring (bicyclic) bond motifs is 1. The van der Waals surface area contributed by atoms with Crippen LogP contribution in [0.5, 0.6) is 0 Å². The van der Waals surface area contributed by atoms with Crippen LogP contribution < -0.4 is 0 Å². The van der Waals surface area contributed by atoms with Crippen molar-refractivity contribution in [1.82, 2.24) is 9.96 Å². The number of carbonyl (C=O) groups excluding carboxylic acids is 2. The Balaban J connectivity index is 2.08. The molecule has 0 aromatic heterocycles. The number of carbonyl (C=O) groups is 2. The Morgan fingerprint density at radius 2 is 1.89 bits per heavy atom. The lowest BCUT2D eigenvalue weighted by Crippen LogP contribution is -2.49. The topological polar surface area (TPSA) is 59.1 Å². The minimum Gasteiger partial charge on any atom is -0.444 e. The Morgan fingerprint density at radius 3 is 2.42 bits per heavy atom. The summed E-state index contributed by atoms with van der Waals surface area (Å²) in [5, 5.41) is 1.17. The number of rotatable bonds is 2. The van der Waals surface area contributed by atoms with Crippen molar-refractivity contribution in [1.29, 1.82) is 0 Å². The highest BCUT2D eigenvalue weighted by Crippen LogP contribution is 2.48. The SMILES string of the molecule is CON(C)C(=O)[C@@H]1C[C@H]2C[C@H]2N1C(=O)OC(C)(C)C. The zero-order valence-electron chi connectivity index (χ0n) is 12.2. The summed E-state index contributed by atoms with van der Waals surface area (Å²) in [6, 6.07) is -0.294. The Labute approximate surface area is 113 Å². The van der Waals surface area contributed by atoms with Gasteiger partial charge in [-0.3, -0.25) is 14.5 Å². The quantitative estimate of drug-likeness (QED) is 0.712. The van der Waals surface area contributed by atoms with Crippen LogP contribution in [0.25, 0.3) is 0 Å². The number of ether oxygens (including phenoxy) is 1. The molecule has 1 aliphatic heterocycles. The number of likely N-dealkylation sites (N-methyl/N-ethyl adjacent to an activating group) is 1. The van der Waals surface area contributed by atoms with Gasteiger partial charge in [0.05, 0.1) is 7.11 Å². The van der Waals surface area contributed by atoms with Crippen molar-refractivity contribution in [2.24, 2.45) is 5.92 Å². The zero-order chi connectivity index (χ0) is 14.4. The molecule has 1 saturated heterocycles. The van der Waals surface area contributed by atoms with E-state index in [1.807, 2.05) is 20.8 Å². The molecule has 2 fully saturated rings. The maximum absolute atomic E-state index is 12.2. The zero-order valence-corrected chi connectivity index (χ0v) is 12.2. The first-order valence-electron chi connectivity index (χ1n) is 6.57. The van der Waals surface area contributed by atoms with Gasteiger partial charge in [0.1, 0.15) is 11.6 Å². The third-order valence-corrected chi connectivity index (χ3v) is 3.58. The van der Waals surface area contributed by atoms with Crippen LogP contribution in [0.3, 0.4) is 0 Å². The largest absolute Gasteiger partial charge is 0.444 e. The van der Waals surface area contributed by atoms with Crippen molar-refractivity contribution in [3.63, 3.8) is 0 Å². The van der Waals surface area contributed by atoms with Crippen LogP contribution in [0, 0.1) is 5.92 Å². The molecule has 2 amide bonds. The molecule has 0 aromatic carbocycles. The van der Waals surface area contributed by atoms with Crippen molar-refractivity contribution in [3.05, 3.63) is 0 Å². The van der Waals surface area contributed by atoms with Crippen molar-refractivity contribution in [2.45, 2.75) is 51.3 Å². The van der Waals surface area contributed by atoms with Gasteiger partial charge < -0.3 is 4.74 Å². The number of hydrogen-bond acceptors (Lipinski definition) is 4. The fourth-order valence-electron chi connectivity index (χ4n) is 2.55. The van der Waals surface area contributed by atoms with E-state index in [9.17, 15) is 9.59 Å². The normalized spacial score (nSPS) is 28.9. The van der Waals surface area contributed by atoms with Crippen molar-refractivity contribution in [2.75, 3.05) is 14.2 Å². The Morgan fingerprint density at radius 1 is 1.26 bits per heavy atom. The number of nitrogens with zero attached hydrogens (tertiary/aromatic N) is 2. The van der Waals surface area contributed by atoms with Gasteiger partial charge in [-0.2, -0.15) is 0 Å². The molecule has 2 aliphatic rings. The van der Waals surface area contributed by atoms with Gasteiger partial charge in [-0.1, -0.05) is 0 Å². The molecule has 1 heterocycles. The van der Waals surface area contributed by atoms with Gasteiger partial charge in [-0.05, 0) is 39.5 Å². The van der Waals surface area contributed by atoms with Crippen molar-refractivity contribution in [3.8, 4) is 0 Å². The minimum atomic E-state index is -0.551. The molecule has 1 aliphatic carbocycles. The van der Waals surface area contributed by atoms with Crippen LogP contribution in [0.15, 0.2) is 0 Å². The van der Waals surface area contributed by atoms with E-state index in [2.05, 4.69) is 0 Å². The summed E-state index contributed by atoms with van der Waals surface area (Å²) in [7, 11) is 2.99. The summed E-state index contributed by atoms with van der Waals surface area (Å²) in [6.45, 7) is 5.47. The molecule has 108 valence electrons. The summed E-state index contributed by atoms with van der Waals surface area (Å²) in [6.07, 6.45) is 1.27. The van der Waals surface area contributed by atoms with Crippen LogP contribution in [-0.2, 0) is 14.4 Å². The smallest absolute Gasteiger partial charge is 0.411 e. The average molecular weight is 270 g/mol. The van der Waals surface area contributed by atoms with Crippen molar-refractivity contribution < 1.29 is 19.2 Å². The lowest BCUT2D eigenvalue weighted by atomic mass is 10.1. The Kier molecular flexibility index (Phi) is 3.47. The van der Waals surface area contributed by atoms with E-state index in [1.165, 1.54) is 12.2 Å². The summed E-state index contributed by atoms with van der Waals surface area (Å²) in [5.41, 5.74) is -0.551. The lowest BCUT2D eigenvalue weighted by Gasteiger charge is -2.31. The predicted octanol–water partition coefficient (Wildman–Crippen LogP) is 1.40. The maximum Gasteiger partial charge on any atom is 0.411 e. The first-order chi connectivity index (χ1) is 8.74. The van der Waals surface area contributed by atoms with E-state index in [-0.39, 0.29) is 11.9 Å². The highest BCUT2D eigenvalue weighted by molar-refractivity contribution is 5.86. The molecule has 2 rings (SSSR count). The van der Waals surface area contributed by atoms with Crippen LogP contribution in [0.1, 0.15) is 33.6 Å². The summed E-state index contributed by atoms with van der Waals surface area (Å²) in [4.78, 5) is 30.9. The van der Waals surface area contributed by atoms with Crippen LogP contribution >= 0.6 is 0 Å². The van der Waals surface area contributed by atoms with Crippen LogP contribution in [0.2, 0.25) is 0 Å². The van der Waals surface area contributed by atoms with Gasteiger partial charge in [0.25, 0.3) is 5.91 Å². The molecular weight excluding hydrogens is 248 g/mol. The van der Waals surface area contributed by atoms with E-state index in [0.717, 1.165) is 6.42 Å². The van der Waals surface area contributed by atoms with Crippen LogP contribution in [0.4, 0.5) is 4.79 Å².